The van der Waals surface area contributed by atoms with Crippen molar-refractivity contribution in [2.45, 2.75) is 33.6 Å². The normalized spacial score (nSPS) is 11.2. The highest BCUT2D eigenvalue weighted by Gasteiger charge is 2.16. The largest absolute Gasteiger partial charge is 0.302 e. The first-order chi connectivity index (χ1) is 14.3. The van der Waals surface area contributed by atoms with E-state index in [4.69, 9.17) is 0 Å². The Balaban J connectivity index is 1.47. The van der Waals surface area contributed by atoms with E-state index in [1.165, 1.54) is 23.7 Å². The lowest BCUT2D eigenvalue weighted by Gasteiger charge is -2.10. The number of hydrogen-bond acceptors (Lipinski definition) is 6. The Labute approximate surface area is 174 Å². The third-order valence-electron chi connectivity index (χ3n) is 4.83. The van der Waals surface area contributed by atoms with Crippen molar-refractivity contribution in [2.75, 3.05) is 5.32 Å². The molecule has 3 heterocycles. The quantitative estimate of drug-likeness (QED) is 0.519. The Hall–Kier alpha value is -3.27. The summed E-state index contributed by atoms with van der Waals surface area (Å²) in [5.41, 5.74) is 3.63. The zero-order valence-corrected chi connectivity index (χ0v) is 17.3. The van der Waals surface area contributed by atoms with Crippen LogP contribution in [-0.4, -0.2) is 30.5 Å². The van der Waals surface area contributed by atoms with Gasteiger partial charge in [0, 0.05) is 28.2 Å². The molecule has 0 unspecified atom stereocenters. The molecule has 0 atom stereocenters. The third-order valence-corrected chi connectivity index (χ3v) is 5.71. The van der Waals surface area contributed by atoms with E-state index in [0.717, 1.165) is 34.0 Å². The molecule has 1 amide bonds. The monoisotopic (exact) mass is 428 g/mol. The van der Waals surface area contributed by atoms with Crippen LogP contribution in [0.25, 0.3) is 17.0 Å². The second kappa shape index (κ2) is 7.86. The highest BCUT2D eigenvalue weighted by atomic mass is 32.1. The maximum Gasteiger partial charge on any atom is 0.252 e. The van der Waals surface area contributed by atoms with E-state index in [9.17, 15) is 13.6 Å². The zero-order chi connectivity index (χ0) is 21.4. The fraction of sp³-hybridized carbons (Fsp3) is 0.250. The van der Waals surface area contributed by atoms with Gasteiger partial charge >= 0.3 is 0 Å². The predicted octanol–water partition coefficient (Wildman–Crippen LogP) is 4.02. The number of halogens is 2. The molecule has 0 aliphatic carbocycles. The number of amides is 1. The minimum Gasteiger partial charge on any atom is -0.302 e. The molecule has 0 bridgehead atoms. The second-order valence-electron chi connectivity index (χ2n) is 6.83. The van der Waals surface area contributed by atoms with E-state index in [1.807, 2.05) is 20.8 Å². The second-order valence-corrected chi connectivity index (χ2v) is 8.04. The van der Waals surface area contributed by atoms with Crippen LogP contribution in [0, 0.1) is 32.4 Å². The molecule has 154 valence electrons. The van der Waals surface area contributed by atoms with E-state index < -0.39 is 11.6 Å². The van der Waals surface area contributed by atoms with Crippen LogP contribution in [-0.2, 0) is 11.2 Å². The van der Waals surface area contributed by atoms with Crippen LogP contribution in [0.15, 0.2) is 24.5 Å². The van der Waals surface area contributed by atoms with Gasteiger partial charge < -0.3 is 5.32 Å². The number of aromatic nitrogens is 5. The Kier molecular flexibility index (Phi) is 5.25. The molecule has 0 saturated heterocycles. The maximum absolute atomic E-state index is 13.5. The maximum atomic E-state index is 13.5. The highest BCUT2D eigenvalue weighted by Crippen LogP contribution is 2.31. The van der Waals surface area contributed by atoms with Gasteiger partial charge in [0.25, 0.3) is 5.78 Å². The average molecular weight is 428 g/mol. The van der Waals surface area contributed by atoms with Crippen LogP contribution in [0.5, 0.6) is 0 Å². The standard InChI is InChI=1S/C20H18F2N6OS/c1-10-14(11(2)28-19(25-10)23-9-24-28)5-7-17(29)26-20-27-18(12(3)30-20)13-4-6-15(21)16(22)8-13/h4,6,8-9H,5,7H2,1-3H3,(H,26,27,29). The Morgan fingerprint density at radius 2 is 1.97 bits per heavy atom. The van der Waals surface area contributed by atoms with Crippen molar-refractivity contribution in [1.82, 2.24) is 24.6 Å². The van der Waals surface area contributed by atoms with E-state index in [0.29, 0.717) is 28.6 Å². The number of fused-ring (bicyclic) bond motifs is 1. The Morgan fingerprint density at radius 1 is 1.17 bits per heavy atom. The molecule has 1 aromatic carbocycles. The molecular weight excluding hydrogens is 410 g/mol. The topological polar surface area (TPSA) is 85.1 Å². The molecule has 30 heavy (non-hydrogen) atoms. The molecule has 4 rings (SSSR count). The van der Waals surface area contributed by atoms with Crippen molar-refractivity contribution >= 4 is 28.2 Å². The number of anilines is 1. The summed E-state index contributed by atoms with van der Waals surface area (Å²) in [6.07, 6.45) is 2.18. The van der Waals surface area contributed by atoms with Crippen LogP contribution < -0.4 is 5.32 Å². The van der Waals surface area contributed by atoms with Gasteiger partial charge in [0.1, 0.15) is 6.33 Å². The predicted molar refractivity (Wildman–Crippen MR) is 109 cm³/mol. The number of carbonyl (C=O) groups is 1. The van der Waals surface area contributed by atoms with Gasteiger partial charge in [-0.05, 0) is 51.0 Å². The van der Waals surface area contributed by atoms with Gasteiger partial charge in [-0.3, -0.25) is 4.79 Å². The first-order valence-corrected chi connectivity index (χ1v) is 10.0. The minimum absolute atomic E-state index is 0.196. The summed E-state index contributed by atoms with van der Waals surface area (Å²) in [6.45, 7) is 5.62. The van der Waals surface area contributed by atoms with Gasteiger partial charge in [-0.1, -0.05) is 0 Å². The van der Waals surface area contributed by atoms with E-state index in [2.05, 4.69) is 25.4 Å². The molecule has 0 fully saturated rings. The first kappa shape index (κ1) is 20.0. The highest BCUT2D eigenvalue weighted by molar-refractivity contribution is 7.16. The number of nitrogens with zero attached hydrogens (tertiary/aromatic N) is 5. The molecule has 10 heteroatoms. The number of nitrogens with one attached hydrogen (secondary N) is 1. The number of benzene rings is 1. The van der Waals surface area contributed by atoms with Gasteiger partial charge in [0.05, 0.1) is 5.69 Å². The van der Waals surface area contributed by atoms with Gasteiger partial charge in [0.2, 0.25) is 5.91 Å². The fourth-order valence-electron chi connectivity index (χ4n) is 3.30. The first-order valence-electron chi connectivity index (χ1n) is 9.22. The van der Waals surface area contributed by atoms with Crippen LogP contribution in [0.3, 0.4) is 0 Å². The molecule has 0 aliphatic heterocycles. The van der Waals surface area contributed by atoms with E-state index in [-0.39, 0.29) is 12.3 Å². The van der Waals surface area contributed by atoms with Gasteiger partial charge in [-0.25, -0.2) is 23.3 Å². The molecular formula is C20H18F2N6OS. The lowest BCUT2D eigenvalue weighted by atomic mass is 10.1. The number of aryl methyl sites for hydroxylation is 3. The summed E-state index contributed by atoms with van der Waals surface area (Å²) in [4.78, 5) is 26.1. The molecule has 4 aromatic rings. The van der Waals surface area contributed by atoms with Crippen molar-refractivity contribution in [3.05, 3.63) is 58.0 Å². The van der Waals surface area contributed by atoms with Crippen LogP contribution in [0.4, 0.5) is 13.9 Å². The Morgan fingerprint density at radius 3 is 2.73 bits per heavy atom. The summed E-state index contributed by atoms with van der Waals surface area (Å²) in [7, 11) is 0. The van der Waals surface area contributed by atoms with E-state index >= 15 is 0 Å². The molecule has 0 radical (unpaired) electrons. The fourth-order valence-corrected chi connectivity index (χ4v) is 4.15. The van der Waals surface area contributed by atoms with Crippen LogP contribution in [0.2, 0.25) is 0 Å². The third kappa shape index (κ3) is 3.78. The molecule has 7 nitrogen and oxygen atoms in total. The number of carbonyl (C=O) groups excluding carboxylic acids is 1. The number of hydrogen-bond donors (Lipinski definition) is 1. The van der Waals surface area contributed by atoms with Crippen molar-refractivity contribution < 1.29 is 13.6 Å². The number of thiazole rings is 1. The minimum atomic E-state index is -0.936. The SMILES string of the molecule is Cc1nc2ncnn2c(C)c1CCC(=O)Nc1nc(-c2ccc(F)c(F)c2)c(C)s1. The summed E-state index contributed by atoms with van der Waals surface area (Å²) >= 11 is 1.28. The zero-order valence-electron chi connectivity index (χ0n) is 16.5. The average Bonchev–Trinajstić information content (AvgIpc) is 3.30. The molecule has 0 aliphatic rings. The van der Waals surface area contributed by atoms with Gasteiger partial charge in [-0.15, -0.1) is 11.3 Å². The summed E-state index contributed by atoms with van der Waals surface area (Å²) in [5.74, 6) is -1.52. The molecule has 1 N–H and O–H groups in total. The van der Waals surface area contributed by atoms with Crippen molar-refractivity contribution in [1.29, 1.82) is 0 Å². The van der Waals surface area contributed by atoms with Crippen molar-refractivity contribution in [3.8, 4) is 11.3 Å². The molecule has 0 saturated carbocycles. The summed E-state index contributed by atoms with van der Waals surface area (Å²) in [5, 5.41) is 7.35. The summed E-state index contributed by atoms with van der Waals surface area (Å²) in [6, 6.07) is 3.62. The molecule has 0 spiro atoms. The lowest BCUT2D eigenvalue weighted by molar-refractivity contribution is -0.116. The van der Waals surface area contributed by atoms with Crippen LogP contribution >= 0.6 is 11.3 Å². The van der Waals surface area contributed by atoms with Gasteiger partial charge in [0.15, 0.2) is 16.8 Å². The van der Waals surface area contributed by atoms with Gasteiger partial charge in [-0.2, -0.15) is 10.1 Å². The van der Waals surface area contributed by atoms with Crippen molar-refractivity contribution in [2.24, 2.45) is 0 Å². The smallest absolute Gasteiger partial charge is 0.252 e. The van der Waals surface area contributed by atoms with Crippen LogP contribution in [0.1, 0.15) is 28.2 Å². The Bertz CT molecular complexity index is 1270. The van der Waals surface area contributed by atoms with Crippen molar-refractivity contribution in [3.63, 3.8) is 0 Å². The number of rotatable bonds is 5. The lowest BCUT2D eigenvalue weighted by Crippen LogP contribution is -2.14. The summed E-state index contributed by atoms with van der Waals surface area (Å²) < 4.78 is 28.4. The molecule has 3 aromatic heterocycles. The van der Waals surface area contributed by atoms with E-state index in [1.54, 1.807) is 4.52 Å².